The highest BCUT2D eigenvalue weighted by atomic mass is 19.1. The lowest BCUT2D eigenvalue weighted by atomic mass is 9.94. The van der Waals surface area contributed by atoms with Crippen molar-refractivity contribution in [2.45, 2.75) is 19.4 Å². The van der Waals surface area contributed by atoms with Crippen molar-refractivity contribution in [2.75, 3.05) is 0 Å². The lowest BCUT2D eigenvalue weighted by Gasteiger charge is -2.21. The van der Waals surface area contributed by atoms with Gasteiger partial charge in [-0.1, -0.05) is 6.07 Å². The highest BCUT2D eigenvalue weighted by Crippen LogP contribution is 2.27. The number of hydrogen-bond donors (Lipinski definition) is 2. The van der Waals surface area contributed by atoms with Gasteiger partial charge in [0, 0.05) is 12.4 Å². The molecule has 16 heavy (non-hydrogen) atoms. The van der Waals surface area contributed by atoms with E-state index in [9.17, 15) is 9.50 Å². The van der Waals surface area contributed by atoms with Crippen molar-refractivity contribution in [3.05, 3.63) is 53.4 Å². The van der Waals surface area contributed by atoms with Crippen molar-refractivity contribution in [1.82, 2.24) is 9.97 Å². The average Bonchev–Trinajstić information content (AvgIpc) is 2.75. The van der Waals surface area contributed by atoms with Gasteiger partial charge < -0.3 is 10.1 Å². The highest BCUT2D eigenvalue weighted by molar-refractivity contribution is 5.32. The molecule has 0 bridgehead atoms. The monoisotopic (exact) mass is 220 g/mol. The zero-order chi connectivity index (χ0) is 11.8. The number of benzene rings is 1. The Hall–Kier alpha value is -1.68. The number of nitrogens with zero attached hydrogens (tertiary/aromatic N) is 1. The third kappa shape index (κ3) is 1.72. The van der Waals surface area contributed by atoms with Crippen LogP contribution in [0.15, 0.2) is 30.6 Å². The number of aromatic amines is 1. The summed E-state index contributed by atoms with van der Waals surface area (Å²) in [5, 5.41) is 10.3. The Kier molecular flexibility index (Phi) is 2.52. The van der Waals surface area contributed by atoms with E-state index in [2.05, 4.69) is 9.97 Å². The van der Waals surface area contributed by atoms with Crippen LogP contribution in [-0.2, 0) is 5.60 Å². The van der Waals surface area contributed by atoms with Crippen LogP contribution in [0.5, 0.6) is 0 Å². The smallest absolute Gasteiger partial charge is 0.144 e. The van der Waals surface area contributed by atoms with Gasteiger partial charge in [0.2, 0.25) is 0 Å². The van der Waals surface area contributed by atoms with Gasteiger partial charge in [0.05, 0.1) is 0 Å². The van der Waals surface area contributed by atoms with Crippen molar-refractivity contribution in [3.63, 3.8) is 0 Å². The molecule has 2 aromatic rings. The standard InChI is InChI=1S/C12H13FN2O/c1-8-7-9(3-4-10(8)13)12(2,16)11-14-5-6-15-11/h3-7,16H,1-2H3,(H,14,15). The van der Waals surface area contributed by atoms with Crippen molar-refractivity contribution in [2.24, 2.45) is 0 Å². The van der Waals surface area contributed by atoms with Crippen LogP contribution in [0.2, 0.25) is 0 Å². The third-order valence-electron chi connectivity index (χ3n) is 2.68. The van der Waals surface area contributed by atoms with Crippen molar-refractivity contribution in [3.8, 4) is 0 Å². The van der Waals surface area contributed by atoms with Gasteiger partial charge >= 0.3 is 0 Å². The summed E-state index contributed by atoms with van der Waals surface area (Å²) in [6.07, 6.45) is 3.21. The second-order valence-electron chi connectivity index (χ2n) is 3.97. The summed E-state index contributed by atoms with van der Waals surface area (Å²) >= 11 is 0. The van der Waals surface area contributed by atoms with Crippen LogP contribution in [0.1, 0.15) is 23.9 Å². The Morgan fingerprint density at radius 3 is 2.75 bits per heavy atom. The van der Waals surface area contributed by atoms with Crippen LogP contribution in [0.4, 0.5) is 4.39 Å². The Bertz CT molecular complexity index is 492. The number of halogens is 1. The second-order valence-corrected chi connectivity index (χ2v) is 3.97. The van der Waals surface area contributed by atoms with Gasteiger partial charge in [0.1, 0.15) is 17.2 Å². The molecule has 0 aliphatic rings. The van der Waals surface area contributed by atoms with Crippen LogP contribution < -0.4 is 0 Å². The Morgan fingerprint density at radius 1 is 1.44 bits per heavy atom. The second kappa shape index (κ2) is 3.72. The first-order valence-electron chi connectivity index (χ1n) is 5.00. The third-order valence-corrected chi connectivity index (χ3v) is 2.68. The molecule has 0 saturated heterocycles. The topological polar surface area (TPSA) is 48.9 Å². The summed E-state index contributed by atoms with van der Waals surface area (Å²) in [7, 11) is 0. The van der Waals surface area contributed by atoms with E-state index in [4.69, 9.17) is 0 Å². The maximum atomic E-state index is 13.1. The van der Waals surface area contributed by atoms with Gasteiger partial charge in [-0.15, -0.1) is 0 Å². The number of nitrogens with one attached hydrogen (secondary N) is 1. The van der Waals surface area contributed by atoms with E-state index in [0.29, 0.717) is 17.0 Å². The van der Waals surface area contributed by atoms with Crippen LogP contribution in [0.25, 0.3) is 0 Å². The molecule has 2 N–H and O–H groups in total. The van der Waals surface area contributed by atoms with Crippen molar-refractivity contribution < 1.29 is 9.50 Å². The molecule has 2 rings (SSSR count). The van der Waals surface area contributed by atoms with E-state index in [1.54, 1.807) is 38.4 Å². The molecule has 0 aliphatic carbocycles. The number of rotatable bonds is 2. The summed E-state index contributed by atoms with van der Waals surface area (Å²) in [6, 6.07) is 4.53. The Balaban J connectivity index is 2.47. The maximum Gasteiger partial charge on any atom is 0.144 e. The van der Waals surface area contributed by atoms with E-state index in [1.165, 1.54) is 6.07 Å². The lowest BCUT2D eigenvalue weighted by Crippen LogP contribution is -2.24. The number of aromatic nitrogens is 2. The number of imidazole rings is 1. The zero-order valence-corrected chi connectivity index (χ0v) is 9.16. The van der Waals surface area contributed by atoms with Gasteiger partial charge in [0.25, 0.3) is 0 Å². The van der Waals surface area contributed by atoms with Crippen LogP contribution >= 0.6 is 0 Å². The summed E-state index contributed by atoms with van der Waals surface area (Å²) < 4.78 is 13.1. The van der Waals surface area contributed by atoms with E-state index in [0.717, 1.165) is 0 Å². The van der Waals surface area contributed by atoms with Crippen LogP contribution in [-0.4, -0.2) is 15.1 Å². The summed E-state index contributed by atoms with van der Waals surface area (Å²) in [6.45, 7) is 3.29. The molecular formula is C12H13FN2O. The van der Waals surface area contributed by atoms with E-state index in [-0.39, 0.29) is 5.82 Å². The van der Waals surface area contributed by atoms with Crippen molar-refractivity contribution >= 4 is 0 Å². The molecule has 1 atom stereocenters. The Labute approximate surface area is 93.0 Å². The molecule has 1 heterocycles. The summed E-state index contributed by atoms with van der Waals surface area (Å²) in [5.41, 5.74) is -0.118. The number of hydrogen-bond acceptors (Lipinski definition) is 2. The quantitative estimate of drug-likeness (QED) is 0.814. The summed E-state index contributed by atoms with van der Waals surface area (Å²) in [5.74, 6) is 0.164. The van der Waals surface area contributed by atoms with Gasteiger partial charge in [-0.2, -0.15) is 0 Å². The van der Waals surface area contributed by atoms with Gasteiger partial charge in [-0.05, 0) is 37.1 Å². The molecule has 84 valence electrons. The SMILES string of the molecule is Cc1cc(C(C)(O)c2ncc[nH]2)ccc1F. The van der Waals surface area contributed by atoms with Crippen LogP contribution in [0, 0.1) is 12.7 Å². The molecule has 3 nitrogen and oxygen atoms in total. The zero-order valence-electron chi connectivity index (χ0n) is 9.16. The molecule has 0 saturated carbocycles. The first-order valence-corrected chi connectivity index (χ1v) is 5.00. The molecule has 0 spiro atoms. The minimum absolute atomic E-state index is 0.279. The molecule has 0 radical (unpaired) electrons. The van der Waals surface area contributed by atoms with Gasteiger partial charge in [-0.3, -0.25) is 0 Å². The number of aryl methyl sites for hydroxylation is 1. The predicted octanol–water partition coefficient (Wildman–Crippen LogP) is 2.11. The molecule has 0 amide bonds. The Morgan fingerprint density at radius 2 is 2.19 bits per heavy atom. The first-order chi connectivity index (χ1) is 7.51. The molecule has 0 fully saturated rings. The average molecular weight is 220 g/mol. The lowest BCUT2D eigenvalue weighted by molar-refractivity contribution is 0.0930. The molecule has 1 aromatic heterocycles. The fourth-order valence-electron chi connectivity index (χ4n) is 1.62. The fraction of sp³-hybridized carbons (Fsp3) is 0.250. The van der Waals surface area contributed by atoms with Gasteiger partial charge in [-0.25, -0.2) is 9.37 Å². The van der Waals surface area contributed by atoms with E-state index >= 15 is 0 Å². The minimum Gasteiger partial charge on any atom is -0.377 e. The van der Waals surface area contributed by atoms with E-state index < -0.39 is 5.60 Å². The molecule has 1 unspecified atom stereocenters. The molecule has 0 aliphatic heterocycles. The largest absolute Gasteiger partial charge is 0.377 e. The predicted molar refractivity (Wildman–Crippen MR) is 58.4 cm³/mol. The van der Waals surface area contributed by atoms with E-state index in [1.807, 2.05) is 0 Å². The molecular weight excluding hydrogens is 207 g/mol. The molecule has 1 aromatic carbocycles. The molecule has 4 heteroatoms. The number of H-pyrrole nitrogens is 1. The van der Waals surface area contributed by atoms with Crippen molar-refractivity contribution in [1.29, 1.82) is 0 Å². The summed E-state index contributed by atoms with van der Waals surface area (Å²) in [4.78, 5) is 6.87. The van der Waals surface area contributed by atoms with Crippen LogP contribution in [0.3, 0.4) is 0 Å². The maximum absolute atomic E-state index is 13.1. The highest BCUT2D eigenvalue weighted by Gasteiger charge is 2.28. The minimum atomic E-state index is -1.23. The number of aliphatic hydroxyl groups is 1. The van der Waals surface area contributed by atoms with Gasteiger partial charge in [0.15, 0.2) is 0 Å². The first kappa shape index (κ1) is 10.8. The fourth-order valence-corrected chi connectivity index (χ4v) is 1.62. The normalized spacial score (nSPS) is 14.8.